The average molecular weight is 329 g/mol. The number of carbonyl (C=O) groups is 1. The highest BCUT2D eigenvalue weighted by molar-refractivity contribution is 5.91. The molecule has 0 fully saturated rings. The molecule has 0 bridgehead atoms. The van der Waals surface area contributed by atoms with Gasteiger partial charge in [-0.2, -0.15) is 0 Å². The smallest absolute Gasteiger partial charge is 0.262 e. The van der Waals surface area contributed by atoms with Gasteiger partial charge in [-0.25, -0.2) is 0 Å². The molecule has 1 amide bonds. The van der Waals surface area contributed by atoms with Crippen LogP contribution in [-0.2, 0) is 4.79 Å². The Morgan fingerprint density at radius 3 is 2.04 bits per heavy atom. The van der Waals surface area contributed by atoms with E-state index < -0.39 is 0 Å². The number of anilines is 1. The Morgan fingerprint density at radius 1 is 0.917 bits per heavy atom. The second-order valence-electron chi connectivity index (χ2n) is 5.74. The Bertz CT molecular complexity index is 635. The number of carbonyl (C=O) groups excluding carboxylic acids is 1. The lowest BCUT2D eigenvalue weighted by Crippen LogP contribution is -2.20. The van der Waals surface area contributed by atoms with Gasteiger partial charge in [0.25, 0.3) is 5.91 Å². The van der Waals surface area contributed by atoms with E-state index >= 15 is 0 Å². The predicted molar refractivity (Wildman–Crippen MR) is 93.9 cm³/mol. The first kappa shape index (κ1) is 17.7. The van der Waals surface area contributed by atoms with Crippen LogP contribution in [0.5, 0.6) is 17.2 Å². The average Bonchev–Trinajstić information content (AvgIpc) is 2.60. The molecular weight excluding hydrogens is 306 g/mol. The van der Waals surface area contributed by atoms with Crippen molar-refractivity contribution < 1.29 is 19.0 Å². The molecule has 0 atom stereocenters. The molecule has 128 valence electrons. The molecular formula is C19H23NO4. The van der Waals surface area contributed by atoms with Crippen molar-refractivity contribution in [3.05, 3.63) is 48.5 Å². The summed E-state index contributed by atoms with van der Waals surface area (Å²) in [6, 6.07) is 14.4. The second kappa shape index (κ2) is 8.82. The number of benzene rings is 2. The van der Waals surface area contributed by atoms with Crippen LogP contribution in [0.25, 0.3) is 0 Å². The molecule has 24 heavy (non-hydrogen) atoms. The quantitative estimate of drug-likeness (QED) is 0.801. The zero-order valence-electron chi connectivity index (χ0n) is 14.2. The van der Waals surface area contributed by atoms with Gasteiger partial charge in [0, 0.05) is 5.69 Å². The van der Waals surface area contributed by atoms with Crippen molar-refractivity contribution in [1.29, 1.82) is 0 Å². The third-order valence-corrected chi connectivity index (χ3v) is 3.15. The SMILES string of the molecule is COc1ccc(OCC(=O)Nc2ccc(OCC(C)C)cc2)cc1. The summed E-state index contributed by atoms with van der Waals surface area (Å²) in [5.74, 6) is 2.40. The molecule has 5 nitrogen and oxygen atoms in total. The van der Waals surface area contributed by atoms with Crippen molar-refractivity contribution in [3.8, 4) is 17.2 Å². The number of ether oxygens (including phenoxy) is 3. The number of rotatable bonds is 8. The summed E-state index contributed by atoms with van der Waals surface area (Å²) in [4.78, 5) is 11.9. The van der Waals surface area contributed by atoms with Crippen molar-refractivity contribution in [3.63, 3.8) is 0 Å². The summed E-state index contributed by atoms with van der Waals surface area (Å²) in [6.45, 7) is 4.80. The van der Waals surface area contributed by atoms with Crippen LogP contribution in [0, 0.1) is 5.92 Å². The maximum Gasteiger partial charge on any atom is 0.262 e. The number of methoxy groups -OCH3 is 1. The van der Waals surface area contributed by atoms with Gasteiger partial charge in [0.2, 0.25) is 0 Å². The van der Waals surface area contributed by atoms with Gasteiger partial charge < -0.3 is 19.5 Å². The summed E-state index contributed by atoms with van der Waals surface area (Å²) in [5, 5.41) is 2.78. The second-order valence-corrected chi connectivity index (χ2v) is 5.74. The highest BCUT2D eigenvalue weighted by Gasteiger charge is 2.05. The summed E-state index contributed by atoms with van der Waals surface area (Å²) in [7, 11) is 1.60. The topological polar surface area (TPSA) is 56.8 Å². The lowest BCUT2D eigenvalue weighted by atomic mass is 10.2. The first-order valence-electron chi connectivity index (χ1n) is 7.86. The van der Waals surface area contributed by atoms with Crippen LogP contribution in [0.2, 0.25) is 0 Å². The van der Waals surface area contributed by atoms with Gasteiger partial charge in [0.1, 0.15) is 17.2 Å². The first-order chi connectivity index (χ1) is 11.6. The molecule has 2 aromatic carbocycles. The lowest BCUT2D eigenvalue weighted by molar-refractivity contribution is -0.118. The summed E-state index contributed by atoms with van der Waals surface area (Å²) in [5.41, 5.74) is 0.704. The zero-order chi connectivity index (χ0) is 17.4. The molecule has 0 spiro atoms. The first-order valence-corrected chi connectivity index (χ1v) is 7.86. The van der Waals surface area contributed by atoms with Crippen LogP contribution in [0.3, 0.4) is 0 Å². The van der Waals surface area contributed by atoms with Crippen molar-refractivity contribution in [1.82, 2.24) is 0 Å². The molecule has 0 saturated carbocycles. The Hall–Kier alpha value is -2.69. The van der Waals surface area contributed by atoms with Gasteiger partial charge in [0.05, 0.1) is 13.7 Å². The third-order valence-electron chi connectivity index (χ3n) is 3.15. The predicted octanol–water partition coefficient (Wildman–Crippen LogP) is 3.75. The minimum absolute atomic E-state index is 0.0576. The Labute approximate surface area is 142 Å². The Balaban J connectivity index is 1.78. The zero-order valence-corrected chi connectivity index (χ0v) is 14.2. The van der Waals surface area contributed by atoms with Crippen molar-refractivity contribution in [2.75, 3.05) is 25.6 Å². The Kier molecular flexibility index (Phi) is 6.49. The summed E-state index contributed by atoms with van der Waals surface area (Å²) >= 11 is 0. The Morgan fingerprint density at radius 2 is 1.46 bits per heavy atom. The van der Waals surface area contributed by atoms with E-state index in [1.807, 2.05) is 12.1 Å². The van der Waals surface area contributed by atoms with Crippen LogP contribution in [0.4, 0.5) is 5.69 Å². The van der Waals surface area contributed by atoms with Gasteiger partial charge >= 0.3 is 0 Å². The molecule has 0 aliphatic rings. The van der Waals surface area contributed by atoms with E-state index in [4.69, 9.17) is 14.2 Å². The van der Waals surface area contributed by atoms with Gasteiger partial charge in [0.15, 0.2) is 6.61 Å². The van der Waals surface area contributed by atoms with Crippen molar-refractivity contribution >= 4 is 11.6 Å². The normalized spacial score (nSPS) is 10.3. The molecule has 0 aliphatic carbocycles. The van der Waals surface area contributed by atoms with Gasteiger partial charge in [-0.1, -0.05) is 13.8 Å². The molecule has 0 radical (unpaired) electrons. The van der Waals surface area contributed by atoms with Crippen LogP contribution >= 0.6 is 0 Å². The number of nitrogens with one attached hydrogen (secondary N) is 1. The van der Waals surface area contributed by atoms with E-state index in [0.29, 0.717) is 24.0 Å². The van der Waals surface area contributed by atoms with Crippen LogP contribution in [-0.4, -0.2) is 26.2 Å². The minimum Gasteiger partial charge on any atom is -0.497 e. The number of amides is 1. The molecule has 2 aromatic rings. The molecule has 0 aromatic heterocycles. The van der Waals surface area contributed by atoms with Crippen LogP contribution < -0.4 is 19.5 Å². The maximum atomic E-state index is 11.9. The number of hydrogen-bond acceptors (Lipinski definition) is 4. The van der Waals surface area contributed by atoms with Gasteiger partial charge in [-0.05, 0) is 54.4 Å². The fraction of sp³-hybridized carbons (Fsp3) is 0.316. The fourth-order valence-corrected chi connectivity index (χ4v) is 1.92. The maximum absolute atomic E-state index is 11.9. The highest BCUT2D eigenvalue weighted by atomic mass is 16.5. The van der Waals surface area contributed by atoms with Crippen LogP contribution in [0.15, 0.2) is 48.5 Å². The van der Waals surface area contributed by atoms with E-state index in [1.54, 1.807) is 43.5 Å². The largest absolute Gasteiger partial charge is 0.497 e. The number of hydrogen-bond donors (Lipinski definition) is 1. The van der Waals surface area contributed by atoms with Crippen molar-refractivity contribution in [2.24, 2.45) is 5.92 Å². The molecule has 5 heteroatoms. The standard InChI is InChI=1S/C19H23NO4/c1-14(2)12-23-17-6-4-15(5-7-17)20-19(21)13-24-18-10-8-16(22-3)9-11-18/h4-11,14H,12-13H2,1-3H3,(H,20,21). The molecule has 1 N–H and O–H groups in total. The van der Waals surface area contributed by atoms with E-state index in [2.05, 4.69) is 19.2 Å². The summed E-state index contributed by atoms with van der Waals surface area (Å²) < 4.78 is 16.1. The van der Waals surface area contributed by atoms with Crippen LogP contribution in [0.1, 0.15) is 13.8 Å². The molecule has 0 saturated heterocycles. The fourth-order valence-electron chi connectivity index (χ4n) is 1.92. The van der Waals surface area contributed by atoms with Crippen molar-refractivity contribution in [2.45, 2.75) is 13.8 Å². The third kappa shape index (κ3) is 5.83. The molecule has 0 aliphatic heterocycles. The molecule has 2 rings (SSSR count). The monoisotopic (exact) mass is 329 g/mol. The van der Waals surface area contributed by atoms with Gasteiger partial charge in [-0.3, -0.25) is 4.79 Å². The van der Waals surface area contributed by atoms with E-state index in [0.717, 1.165) is 11.5 Å². The molecule has 0 unspecified atom stereocenters. The summed E-state index contributed by atoms with van der Waals surface area (Å²) in [6.07, 6.45) is 0. The van der Waals surface area contributed by atoms with Gasteiger partial charge in [-0.15, -0.1) is 0 Å². The van der Waals surface area contributed by atoms with E-state index in [1.165, 1.54) is 0 Å². The van der Waals surface area contributed by atoms with E-state index in [9.17, 15) is 4.79 Å². The lowest BCUT2D eigenvalue weighted by Gasteiger charge is -2.10. The van der Waals surface area contributed by atoms with E-state index in [-0.39, 0.29) is 12.5 Å². The molecule has 0 heterocycles. The minimum atomic E-state index is -0.221. The highest BCUT2D eigenvalue weighted by Crippen LogP contribution is 2.18.